The second-order valence-corrected chi connectivity index (χ2v) is 6.84. The summed E-state index contributed by atoms with van der Waals surface area (Å²) in [6.45, 7) is 8.02. The summed E-state index contributed by atoms with van der Waals surface area (Å²) in [5.41, 5.74) is -0.309. The van der Waals surface area contributed by atoms with E-state index < -0.39 is 23.6 Å². The van der Waals surface area contributed by atoms with E-state index in [1.54, 1.807) is 0 Å². The quantitative estimate of drug-likeness (QED) is 0.753. The Hall–Kier alpha value is -2.06. The first-order valence-electron chi connectivity index (χ1n) is 9.11. The summed E-state index contributed by atoms with van der Waals surface area (Å²) in [6, 6.07) is 2.30. The minimum Gasteiger partial charge on any atom is -0.379 e. The molecule has 1 heterocycles. The highest BCUT2D eigenvalue weighted by Crippen LogP contribution is 2.23. The lowest BCUT2D eigenvalue weighted by Crippen LogP contribution is -2.52. The molecule has 0 aromatic heterocycles. The van der Waals surface area contributed by atoms with Gasteiger partial charge in [0.05, 0.1) is 25.7 Å². The van der Waals surface area contributed by atoms with Crippen LogP contribution in [0, 0.1) is 11.6 Å². The Balaban J connectivity index is 2.04. The summed E-state index contributed by atoms with van der Waals surface area (Å²) < 4.78 is 33.5. The predicted molar refractivity (Wildman–Crippen MR) is 97.0 cm³/mol. The van der Waals surface area contributed by atoms with Crippen molar-refractivity contribution in [1.82, 2.24) is 15.5 Å². The van der Waals surface area contributed by atoms with Gasteiger partial charge in [0.25, 0.3) is 0 Å². The molecule has 1 aromatic carbocycles. The summed E-state index contributed by atoms with van der Waals surface area (Å²) in [4.78, 5) is 26.2. The third-order valence-electron chi connectivity index (χ3n) is 4.85. The maximum absolute atomic E-state index is 14.1. The summed E-state index contributed by atoms with van der Waals surface area (Å²) in [5, 5.41) is 5.34. The molecule has 0 spiro atoms. The molecule has 150 valence electrons. The van der Waals surface area contributed by atoms with Gasteiger partial charge < -0.3 is 15.4 Å². The number of nitrogens with one attached hydrogen (secondary N) is 2. The normalized spacial score (nSPS) is 18.4. The standard InChI is InChI=1S/C19H27F2N3O3/c1-12(13(2)24-7-9-27-10-8-24)22-18(26)11-17(23-14(3)25)19-15(20)5-4-6-16(19)21/h4-6,12-13,17H,7-11H2,1-3H3,(H,22,26)(H,23,25). The van der Waals surface area contributed by atoms with Crippen LogP contribution < -0.4 is 10.6 Å². The Morgan fingerprint density at radius 3 is 2.30 bits per heavy atom. The van der Waals surface area contributed by atoms with Crippen LogP contribution >= 0.6 is 0 Å². The number of rotatable bonds is 7. The highest BCUT2D eigenvalue weighted by Gasteiger charge is 2.27. The average Bonchev–Trinajstić information content (AvgIpc) is 2.61. The molecule has 2 N–H and O–H groups in total. The number of ether oxygens (including phenoxy) is 1. The molecule has 1 aromatic rings. The smallest absolute Gasteiger partial charge is 0.222 e. The second kappa shape index (κ2) is 9.75. The molecular formula is C19H27F2N3O3. The van der Waals surface area contributed by atoms with E-state index >= 15 is 0 Å². The fourth-order valence-corrected chi connectivity index (χ4v) is 3.23. The number of nitrogens with zero attached hydrogens (tertiary/aromatic N) is 1. The van der Waals surface area contributed by atoms with Gasteiger partial charge in [-0.1, -0.05) is 6.07 Å². The monoisotopic (exact) mass is 383 g/mol. The van der Waals surface area contributed by atoms with Crippen molar-refractivity contribution in [3.8, 4) is 0 Å². The number of carbonyl (C=O) groups is 2. The molecule has 0 radical (unpaired) electrons. The molecule has 0 aliphatic carbocycles. The van der Waals surface area contributed by atoms with Gasteiger partial charge in [-0.15, -0.1) is 0 Å². The van der Waals surface area contributed by atoms with E-state index in [2.05, 4.69) is 15.5 Å². The van der Waals surface area contributed by atoms with Crippen LogP contribution in [-0.4, -0.2) is 55.1 Å². The van der Waals surface area contributed by atoms with Crippen LogP contribution in [0.25, 0.3) is 0 Å². The second-order valence-electron chi connectivity index (χ2n) is 6.84. The Kier molecular flexibility index (Phi) is 7.67. The number of amides is 2. The first kappa shape index (κ1) is 21.2. The van der Waals surface area contributed by atoms with E-state index in [0.717, 1.165) is 25.2 Å². The fourth-order valence-electron chi connectivity index (χ4n) is 3.23. The van der Waals surface area contributed by atoms with E-state index in [1.807, 2.05) is 13.8 Å². The SMILES string of the molecule is CC(=O)NC(CC(=O)NC(C)C(C)N1CCOCC1)c1c(F)cccc1F. The molecule has 2 rings (SSSR count). The largest absolute Gasteiger partial charge is 0.379 e. The van der Waals surface area contributed by atoms with Gasteiger partial charge in [-0.2, -0.15) is 0 Å². The first-order valence-corrected chi connectivity index (χ1v) is 9.11. The number of carbonyl (C=O) groups excluding carboxylic acids is 2. The molecule has 2 amide bonds. The van der Waals surface area contributed by atoms with Crippen LogP contribution in [0.15, 0.2) is 18.2 Å². The van der Waals surface area contributed by atoms with Crippen molar-refractivity contribution >= 4 is 11.8 Å². The lowest BCUT2D eigenvalue weighted by atomic mass is 10.0. The average molecular weight is 383 g/mol. The number of morpholine rings is 1. The van der Waals surface area contributed by atoms with Gasteiger partial charge in [0.1, 0.15) is 11.6 Å². The molecule has 1 saturated heterocycles. The summed E-state index contributed by atoms with van der Waals surface area (Å²) in [6.07, 6.45) is -0.252. The van der Waals surface area contributed by atoms with Crippen molar-refractivity contribution in [2.75, 3.05) is 26.3 Å². The zero-order chi connectivity index (χ0) is 20.0. The van der Waals surface area contributed by atoms with Crippen LogP contribution in [0.3, 0.4) is 0 Å². The number of hydrogen-bond donors (Lipinski definition) is 2. The molecular weight excluding hydrogens is 356 g/mol. The number of hydrogen-bond acceptors (Lipinski definition) is 4. The van der Waals surface area contributed by atoms with Crippen molar-refractivity contribution in [3.05, 3.63) is 35.4 Å². The molecule has 8 heteroatoms. The summed E-state index contributed by atoms with van der Waals surface area (Å²) in [5.74, 6) is -2.44. The summed E-state index contributed by atoms with van der Waals surface area (Å²) >= 11 is 0. The molecule has 0 bridgehead atoms. The molecule has 27 heavy (non-hydrogen) atoms. The van der Waals surface area contributed by atoms with Crippen LogP contribution in [0.1, 0.15) is 38.8 Å². The maximum atomic E-state index is 14.1. The topological polar surface area (TPSA) is 70.7 Å². The highest BCUT2D eigenvalue weighted by molar-refractivity contribution is 5.79. The third kappa shape index (κ3) is 5.97. The predicted octanol–water partition coefficient (Wildman–Crippen LogP) is 1.76. The highest BCUT2D eigenvalue weighted by atomic mass is 19.1. The Morgan fingerprint density at radius 1 is 1.15 bits per heavy atom. The van der Waals surface area contributed by atoms with Gasteiger partial charge in [-0.05, 0) is 26.0 Å². The van der Waals surface area contributed by atoms with E-state index in [1.165, 1.54) is 13.0 Å². The first-order chi connectivity index (χ1) is 12.8. The number of benzene rings is 1. The van der Waals surface area contributed by atoms with Crippen molar-refractivity contribution in [2.24, 2.45) is 0 Å². The minimum absolute atomic E-state index is 0.0854. The van der Waals surface area contributed by atoms with E-state index in [9.17, 15) is 18.4 Å². The van der Waals surface area contributed by atoms with Gasteiger partial charge in [-0.3, -0.25) is 14.5 Å². The molecule has 3 atom stereocenters. The molecule has 0 saturated carbocycles. The zero-order valence-corrected chi connectivity index (χ0v) is 15.9. The molecule has 1 fully saturated rings. The fraction of sp³-hybridized carbons (Fsp3) is 0.579. The van der Waals surface area contributed by atoms with Crippen molar-refractivity contribution < 1.29 is 23.1 Å². The Labute approximate surface area is 158 Å². The van der Waals surface area contributed by atoms with Crippen LogP contribution in [0.5, 0.6) is 0 Å². The van der Waals surface area contributed by atoms with E-state index in [4.69, 9.17) is 4.74 Å². The lowest BCUT2D eigenvalue weighted by molar-refractivity contribution is -0.123. The van der Waals surface area contributed by atoms with Gasteiger partial charge >= 0.3 is 0 Å². The van der Waals surface area contributed by atoms with Gasteiger partial charge in [0, 0.05) is 37.7 Å². The van der Waals surface area contributed by atoms with Crippen molar-refractivity contribution in [3.63, 3.8) is 0 Å². The van der Waals surface area contributed by atoms with E-state index in [0.29, 0.717) is 13.2 Å². The van der Waals surface area contributed by atoms with Gasteiger partial charge in [0.2, 0.25) is 11.8 Å². The molecule has 6 nitrogen and oxygen atoms in total. The van der Waals surface area contributed by atoms with E-state index in [-0.39, 0.29) is 30.0 Å². The van der Waals surface area contributed by atoms with Crippen molar-refractivity contribution in [1.29, 1.82) is 0 Å². The van der Waals surface area contributed by atoms with Gasteiger partial charge in [-0.25, -0.2) is 8.78 Å². The summed E-state index contributed by atoms with van der Waals surface area (Å²) in [7, 11) is 0. The van der Waals surface area contributed by atoms with Crippen LogP contribution in [0.2, 0.25) is 0 Å². The molecule has 3 unspecified atom stereocenters. The molecule has 1 aliphatic heterocycles. The Morgan fingerprint density at radius 2 is 1.74 bits per heavy atom. The maximum Gasteiger partial charge on any atom is 0.222 e. The van der Waals surface area contributed by atoms with Crippen molar-refractivity contribution in [2.45, 2.75) is 45.3 Å². The van der Waals surface area contributed by atoms with Gasteiger partial charge in [0.15, 0.2) is 0 Å². The molecule has 1 aliphatic rings. The third-order valence-corrected chi connectivity index (χ3v) is 4.85. The number of halogens is 2. The zero-order valence-electron chi connectivity index (χ0n) is 15.9. The lowest BCUT2D eigenvalue weighted by Gasteiger charge is -2.36. The van der Waals surface area contributed by atoms with Crippen LogP contribution in [0.4, 0.5) is 8.78 Å². The minimum atomic E-state index is -1.07. The van der Waals surface area contributed by atoms with Crippen LogP contribution in [-0.2, 0) is 14.3 Å². The Bertz CT molecular complexity index is 645.